The molecule has 0 saturated carbocycles. The van der Waals surface area contributed by atoms with Gasteiger partial charge in [-0.05, 0) is 61.6 Å². The highest BCUT2D eigenvalue weighted by Gasteiger charge is 2.17. The summed E-state index contributed by atoms with van der Waals surface area (Å²) in [6, 6.07) is 10.4. The Morgan fingerprint density at radius 3 is 2.48 bits per heavy atom. The second-order valence-corrected chi connectivity index (χ2v) is 7.56. The van der Waals surface area contributed by atoms with Crippen LogP contribution in [0.5, 0.6) is 0 Å². The third-order valence-electron chi connectivity index (χ3n) is 3.52. The number of carbonyl (C=O) groups excluding carboxylic acids is 1. The summed E-state index contributed by atoms with van der Waals surface area (Å²) in [6.07, 6.45) is 1.95. The van der Waals surface area contributed by atoms with Crippen LogP contribution < -0.4 is 10.5 Å². The number of hydrogen-bond acceptors (Lipinski definition) is 4. The maximum absolute atomic E-state index is 12.4. The van der Waals surface area contributed by atoms with Crippen molar-refractivity contribution in [1.29, 1.82) is 0 Å². The zero-order chi connectivity index (χ0) is 17.2. The van der Waals surface area contributed by atoms with E-state index in [1.54, 1.807) is 37.7 Å². The maximum atomic E-state index is 12.4. The number of thioether (sulfide) groups is 1. The molecular formula is C16H18N2O3S2. The number of sulfonamides is 1. The molecule has 0 bridgehead atoms. The van der Waals surface area contributed by atoms with Crippen LogP contribution in [0.3, 0.4) is 0 Å². The minimum absolute atomic E-state index is 0.0273. The van der Waals surface area contributed by atoms with Gasteiger partial charge in [0, 0.05) is 16.1 Å². The van der Waals surface area contributed by atoms with Gasteiger partial charge >= 0.3 is 0 Å². The molecule has 2 rings (SSSR count). The molecule has 7 heteroatoms. The molecule has 0 atom stereocenters. The summed E-state index contributed by atoms with van der Waals surface area (Å²) in [4.78, 5) is 13.4. The van der Waals surface area contributed by atoms with E-state index in [1.165, 1.54) is 6.07 Å². The number of benzene rings is 2. The molecule has 0 radical (unpaired) electrons. The van der Waals surface area contributed by atoms with Crippen LogP contribution in [-0.2, 0) is 10.0 Å². The molecule has 122 valence electrons. The van der Waals surface area contributed by atoms with E-state index in [2.05, 4.69) is 5.32 Å². The first-order valence-electron chi connectivity index (χ1n) is 6.82. The molecule has 0 spiro atoms. The van der Waals surface area contributed by atoms with Crippen molar-refractivity contribution in [3.8, 4) is 0 Å². The van der Waals surface area contributed by atoms with Gasteiger partial charge in [0.1, 0.15) is 0 Å². The predicted molar refractivity (Wildman–Crippen MR) is 93.5 cm³/mol. The Labute approximate surface area is 140 Å². The normalized spacial score (nSPS) is 11.3. The lowest BCUT2D eigenvalue weighted by atomic mass is 10.1. The quantitative estimate of drug-likeness (QED) is 0.830. The smallest absolute Gasteiger partial charge is 0.255 e. The number of nitrogens with one attached hydrogen (secondary N) is 1. The number of primary sulfonamides is 1. The molecule has 0 heterocycles. The van der Waals surface area contributed by atoms with Crippen molar-refractivity contribution in [1.82, 2.24) is 0 Å². The van der Waals surface area contributed by atoms with Gasteiger partial charge in [-0.3, -0.25) is 4.79 Å². The third-order valence-corrected chi connectivity index (χ3v) is 5.28. The van der Waals surface area contributed by atoms with E-state index in [0.29, 0.717) is 16.8 Å². The average Bonchev–Trinajstić information content (AvgIpc) is 2.48. The number of nitrogens with two attached hydrogens (primary N) is 1. The molecule has 0 fully saturated rings. The zero-order valence-corrected chi connectivity index (χ0v) is 14.7. The molecule has 0 aromatic heterocycles. The van der Waals surface area contributed by atoms with E-state index in [1.807, 2.05) is 24.5 Å². The molecule has 23 heavy (non-hydrogen) atoms. The van der Waals surface area contributed by atoms with Crippen molar-refractivity contribution in [2.45, 2.75) is 23.6 Å². The average molecular weight is 350 g/mol. The molecule has 0 aliphatic rings. The van der Waals surface area contributed by atoms with Crippen LogP contribution in [0.25, 0.3) is 0 Å². The fourth-order valence-electron chi connectivity index (χ4n) is 2.16. The van der Waals surface area contributed by atoms with Crippen LogP contribution in [0.15, 0.2) is 46.2 Å². The number of carbonyl (C=O) groups is 1. The maximum Gasteiger partial charge on any atom is 0.255 e. The monoisotopic (exact) mass is 350 g/mol. The highest BCUT2D eigenvalue weighted by atomic mass is 32.2. The molecule has 1 amide bonds. The number of aryl methyl sites for hydroxylation is 1. The van der Waals surface area contributed by atoms with Crippen molar-refractivity contribution in [3.63, 3.8) is 0 Å². The molecule has 0 aliphatic heterocycles. The van der Waals surface area contributed by atoms with Gasteiger partial charge in [-0.25, -0.2) is 13.6 Å². The van der Waals surface area contributed by atoms with Gasteiger partial charge in [0.05, 0.1) is 4.90 Å². The standard InChI is InChI=1S/C16H18N2O3S2/c1-10-7-12(8-15(11(10)2)23(17,20)21)16(19)18-13-5-4-6-14(9-13)22-3/h4-9H,1-3H3,(H,18,19)(H2,17,20,21). The van der Waals surface area contributed by atoms with Crippen LogP contribution in [-0.4, -0.2) is 20.6 Å². The lowest BCUT2D eigenvalue weighted by Gasteiger charge is -2.11. The summed E-state index contributed by atoms with van der Waals surface area (Å²) in [5.41, 5.74) is 2.15. The summed E-state index contributed by atoms with van der Waals surface area (Å²) < 4.78 is 23.3. The number of hydrogen-bond donors (Lipinski definition) is 2. The van der Waals surface area contributed by atoms with E-state index in [4.69, 9.17) is 5.14 Å². The van der Waals surface area contributed by atoms with Crippen molar-refractivity contribution in [3.05, 3.63) is 53.1 Å². The molecule has 2 aromatic carbocycles. The van der Waals surface area contributed by atoms with Gasteiger partial charge in [-0.15, -0.1) is 11.8 Å². The first-order valence-corrected chi connectivity index (χ1v) is 9.59. The molecule has 5 nitrogen and oxygen atoms in total. The Morgan fingerprint density at radius 2 is 1.87 bits per heavy atom. The Bertz CT molecular complexity index is 862. The van der Waals surface area contributed by atoms with Crippen molar-refractivity contribution < 1.29 is 13.2 Å². The lowest BCUT2D eigenvalue weighted by Crippen LogP contribution is -2.17. The Balaban J connectivity index is 2.38. The SMILES string of the molecule is CSc1cccc(NC(=O)c2cc(C)c(C)c(S(N)(=O)=O)c2)c1. The summed E-state index contributed by atoms with van der Waals surface area (Å²) >= 11 is 1.57. The largest absolute Gasteiger partial charge is 0.322 e. The topological polar surface area (TPSA) is 89.3 Å². The highest BCUT2D eigenvalue weighted by Crippen LogP contribution is 2.22. The fourth-order valence-corrected chi connectivity index (χ4v) is 3.50. The van der Waals surface area contributed by atoms with Crippen LogP contribution in [0, 0.1) is 13.8 Å². The van der Waals surface area contributed by atoms with Gasteiger partial charge in [-0.1, -0.05) is 6.07 Å². The number of anilines is 1. The van der Waals surface area contributed by atoms with Crippen LogP contribution in [0.2, 0.25) is 0 Å². The molecule has 0 saturated heterocycles. The molecule has 2 aromatic rings. The Kier molecular flexibility index (Phi) is 5.13. The number of rotatable bonds is 4. The van der Waals surface area contributed by atoms with Crippen LogP contribution >= 0.6 is 11.8 Å². The second kappa shape index (κ2) is 6.74. The third kappa shape index (κ3) is 4.13. The molecule has 0 unspecified atom stereocenters. The van der Waals surface area contributed by atoms with Gasteiger partial charge in [-0.2, -0.15) is 0 Å². The summed E-state index contributed by atoms with van der Waals surface area (Å²) in [5, 5.41) is 7.99. The summed E-state index contributed by atoms with van der Waals surface area (Å²) in [7, 11) is -3.88. The summed E-state index contributed by atoms with van der Waals surface area (Å²) in [6.45, 7) is 3.41. The zero-order valence-electron chi connectivity index (χ0n) is 13.1. The van der Waals surface area contributed by atoms with Gasteiger partial charge in [0.25, 0.3) is 5.91 Å². The predicted octanol–water partition coefficient (Wildman–Crippen LogP) is 2.93. The van der Waals surface area contributed by atoms with Crippen molar-refractivity contribution in [2.24, 2.45) is 5.14 Å². The van der Waals surface area contributed by atoms with Gasteiger partial charge in [0.2, 0.25) is 10.0 Å². The lowest BCUT2D eigenvalue weighted by molar-refractivity contribution is 0.102. The highest BCUT2D eigenvalue weighted by molar-refractivity contribution is 7.98. The van der Waals surface area contributed by atoms with E-state index >= 15 is 0 Å². The summed E-state index contributed by atoms with van der Waals surface area (Å²) in [5.74, 6) is -0.378. The van der Waals surface area contributed by atoms with Crippen LogP contribution in [0.1, 0.15) is 21.5 Å². The second-order valence-electron chi connectivity index (χ2n) is 5.15. The van der Waals surface area contributed by atoms with Gasteiger partial charge < -0.3 is 5.32 Å². The first-order chi connectivity index (χ1) is 10.7. The van der Waals surface area contributed by atoms with Crippen LogP contribution in [0.4, 0.5) is 5.69 Å². The van der Waals surface area contributed by atoms with E-state index < -0.39 is 10.0 Å². The minimum atomic E-state index is -3.88. The number of amides is 1. The minimum Gasteiger partial charge on any atom is -0.322 e. The van der Waals surface area contributed by atoms with E-state index in [-0.39, 0.29) is 16.4 Å². The first kappa shape index (κ1) is 17.5. The molecule has 0 aliphatic carbocycles. The Hall–Kier alpha value is -1.83. The van der Waals surface area contributed by atoms with Gasteiger partial charge in [0.15, 0.2) is 0 Å². The van der Waals surface area contributed by atoms with E-state index in [9.17, 15) is 13.2 Å². The fraction of sp³-hybridized carbons (Fsp3) is 0.188. The molecular weight excluding hydrogens is 332 g/mol. The van der Waals surface area contributed by atoms with E-state index in [0.717, 1.165) is 4.90 Å². The van der Waals surface area contributed by atoms with Crippen molar-refractivity contribution in [2.75, 3.05) is 11.6 Å². The van der Waals surface area contributed by atoms with Crippen molar-refractivity contribution >= 4 is 33.4 Å². The molecule has 3 N–H and O–H groups in total. The Morgan fingerprint density at radius 1 is 1.17 bits per heavy atom.